The predicted octanol–water partition coefficient (Wildman–Crippen LogP) is 3.59. The van der Waals surface area contributed by atoms with Crippen molar-refractivity contribution >= 4 is 22.4 Å². The molecule has 102 valence electrons. The van der Waals surface area contributed by atoms with Gasteiger partial charge in [-0.05, 0) is 25.7 Å². The van der Waals surface area contributed by atoms with Crippen LogP contribution in [0.2, 0.25) is 0 Å². The van der Waals surface area contributed by atoms with E-state index in [4.69, 9.17) is 0 Å². The molecule has 0 amide bonds. The molecule has 0 aliphatic heterocycles. The highest BCUT2D eigenvalue weighted by Crippen LogP contribution is 2.32. The van der Waals surface area contributed by atoms with Gasteiger partial charge in [-0.1, -0.05) is 32.1 Å². The highest BCUT2D eigenvalue weighted by atomic mass is 32.1. The Morgan fingerprint density at radius 2 is 2.11 bits per heavy atom. The Morgan fingerprint density at radius 3 is 2.56 bits per heavy atom. The molecule has 4 nitrogen and oxygen atoms in total. The van der Waals surface area contributed by atoms with Gasteiger partial charge in [0.05, 0.1) is 5.69 Å². The molecule has 1 unspecified atom stereocenters. The highest BCUT2D eigenvalue weighted by Gasteiger charge is 2.22. The van der Waals surface area contributed by atoms with E-state index in [2.05, 4.69) is 30.7 Å². The van der Waals surface area contributed by atoms with Crippen molar-refractivity contribution in [2.45, 2.75) is 46.5 Å². The molecule has 1 heterocycles. The van der Waals surface area contributed by atoms with Crippen LogP contribution in [0.15, 0.2) is 0 Å². The predicted molar refractivity (Wildman–Crippen MR) is 76.0 cm³/mol. The van der Waals surface area contributed by atoms with Crippen LogP contribution in [0.5, 0.6) is 0 Å². The van der Waals surface area contributed by atoms with Crippen molar-refractivity contribution in [1.82, 2.24) is 4.98 Å². The Balaban J connectivity index is 3.12. The zero-order valence-corrected chi connectivity index (χ0v) is 12.4. The van der Waals surface area contributed by atoms with Crippen molar-refractivity contribution in [3.8, 4) is 0 Å². The van der Waals surface area contributed by atoms with Crippen molar-refractivity contribution in [2.75, 3.05) is 18.0 Å². The van der Waals surface area contributed by atoms with E-state index in [1.54, 1.807) is 0 Å². The first-order valence-electron chi connectivity index (χ1n) is 6.53. The van der Waals surface area contributed by atoms with Crippen molar-refractivity contribution in [1.29, 1.82) is 0 Å². The van der Waals surface area contributed by atoms with Gasteiger partial charge < -0.3 is 10.0 Å². The van der Waals surface area contributed by atoms with Crippen LogP contribution in [0.3, 0.4) is 0 Å². The van der Waals surface area contributed by atoms with E-state index in [0.29, 0.717) is 4.88 Å². The number of nitrogens with zero attached hydrogens (tertiary/aromatic N) is 2. The minimum atomic E-state index is -0.860. The summed E-state index contributed by atoms with van der Waals surface area (Å²) in [5.41, 5.74) is 0.736. The maximum atomic E-state index is 11.3. The van der Waals surface area contributed by atoms with Gasteiger partial charge in [0.2, 0.25) is 0 Å². The molecule has 0 radical (unpaired) electrons. The number of anilines is 1. The summed E-state index contributed by atoms with van der Waals surface area (Å²) in [5.74, 6) is -0.664. The molecule has 0 spiro atoms. The molecule has 0 saturated carbocycles. The second-order valence-corrected chi connectivity index (χ2v) is 5.38. The molecule has 0 aromatic carbocycles. The van der Waals surface area contributed by atoms with Gasteiger partial charge in [-0.15, -0.1) is 0 Å². The second kappa shape index (κ2) is 6.73. The summed E-state index contributed by atoms with van der Waals surface area (Å²) >= 11 is 1.30. The van der Waals surface area contributed by atoms with Crippen LogP contribution in [0.1, 0.15) is 61.8 Å². The van der Waals surface area contributed by atoms with Gasteiger partial charge in [0.15, 0.2) is 5.13 Å². The van der Waals surface area contributed by atoms with Crippen LogP contribution in [0.4, 0.5) is 5.13 Å². The Bertz CT molecular complexity index is 404. The molecular formula is C13H22N2O2S. The lowest BCUT2D eigenvalue weighted by molar-refractivity contribution is 0.0700. The van der Waals surface area contributed by atoms with Crippen LogP contribution in [-0.4, -0.2) is 29.1 Å². The van der Waals surface area contributed by atoms with E-state index >= 15 is 0 Å². The summed E-state index contributed by atoms with van der Waals surface area (Å²) in [6.45, 7) is 10.0. The average molecular weight is 270 g/mol. The molecule has 1 aromatic rings. The smallest absolute Gasteiger partial charge is 0.347 e. The monoisotopic (exact) mass is 270 g/mol. The van der Waals surface area contributed by atoms with E-state index in [1.165, 1.54) is 11.3 Å². The Hall–Kier alpha value is -1.10. The molecule has 0 bridgehead atoms. The zero-order chi connectivity index (χ0) is 13.7. The topological polar surface area (TPSA) is 53.4 Å². The molecule has 1 atom stereocenters. The quantitative estimate of drug-likeness (QED) is 0.822. The number of carboxylic acid groups (broad SMARTS) is 1. The fourth-order valence-electron chi connectivity index (χ4n) is 1.79. The normalized spacial score (nSPS) is 12.4. The maximum absolute atomic E-state index is 11.3. The third-order valence-electron chi connectivity index (χ3n) is 3.06. The van der Waals surface area contributed by atoms with E-state index in [-0.39, 0.29) is 5.92 Å². The van der Waals surface area contributed by atoms with E-state index in [1.807, 2.05) is 6.92 Å². The SMILES string of the molecule is CCCN(CC)c1nc(C(C)CC)c(C(=O)O)s1. The average Bonchev–Trinajstić information content (AvgIpc) is 2.79. The molecule has 0 fully saturated rings. The van der Waals surface area contributed by atoms with Gasteiger partial charge in [0, 0.05) is 13.1 Å². The number of rotatable bonds is 7. The molecule has 5 heteroatoms. The van der Waals surface area contributed by atoms with Gasteiger partial charge in [-0.3, -0.25) is 0 Å². The first kappa shape index (κ1) is 15.0. The molecule has 1 aromatic heterocycles. The third kappa shape index (κ3) is 3.22. The van der Waals surface area contributed by atoms with Crippen LogP contribution < -0.4 is 4.90 Å². The lowest BCUT2D eigenvalue weighted by atomic mass is 10.0. The minimum absolute atomic E-state index is 0.196. The minimum Gasteiger partial charge on any atom is -0.477 e. The van der Waals surface area contributed by atoms with Crippen LogP contribution in [-0.2, 0) is 0 Å². The number of aromatic carboxylic acids is 1. The van der Waals surface area contributed by atoms with Crippen LogP contribution in [0, 0.1) is 0 Å². The van der Waals surface area contributed by atoms with Crippen molar-refractivity contribution in [3.63, 3.8) is 0 Å². The summed E-state index contributed by atoms with van der Waals surface area (Å²) in [6, 6.07) is 0. The van der Waals surface area contributed by atoms with E-state index in [9.17, 15) is 9.90 Å². The number of carbonyl (C=O) groups is 1. The number of aromatic nitrogens is 1. The molecule has 1 rings (SSSR count). The fourth-order valence-corrected chi connectivity index (χ4v) is 2.91. The Morgan fingerprint density at radius 1 is 1.44 bits per heavy atom. The number of hydrogen-bond acceptors (Lipinski definition) is 4. The molecular weight excluding hydrogens is 248 g/mol. The highest BCUT2D eigenvalue weighted by molar-refractivity contribution is 7.17. The molecule has 18 heavy (non-hydrogen) atoms. The third-order valence-corrected chi connectivity index (χ3v) is 4.18. The molecule has 0 aliphatic rings. The standard InChI is InChI=1S/C13H22N2O2S/c1-5-8-15(7-3)13-14-10(9(4)6-2)11(18-13)12(16)17/h9H,5-8H2,1-4H3,(H,16,17). The van der Waals surface area contributed by atoms with E-state index in [0.717, 1.165) is 36.8 Å². The first-order valence-corrected chi connectivity index (χ1v) is 7.35. The van der Waals surface area contributed by atoms with Gasteiger partial charge in [0.25, 0.3) is 0 Å². The lowest BCUT2D eigenvalue weighted by Gasteiger charge is -2.18. The number of thiazole rings is 1. The fraction of sp³-hybridized carbons (Fsp3) is 0.692. The van der Waals surface area contributed by atoms with Gasteiger partial charge in [-0.2, -0.15) is 0 Å². The van der Waals surface area contributed by atoms with Crippen LogP contribution >= 0.6 is 11.3 Å². The van der Waals surface area contributed by atoms with Gasteiger partial charge in [0.1, 0.15) is 4.88 Å². The van der Waals surface area contributed by atoms with Gasteiger partial charge >= 0.3 is 5.97 Å². The summed E-state index contributed by atoms with van der Waals surface area (Å²) < 4.78 is 0. The van der Waals surface area contributed by atoms with Crippen molar-refractivity contribution < 1.29 is 9.90 Å². The zero-order valence-electron chi connectivity index (χ0n) is 11.6. The van der Waals surface area contributed by atoms with Crippen molar-refractivity contribution in [3.05, 3.63) is 10.6 Å². The summed E-state index contributed by atoms with van der Waals surface area (Å²) in [6.07, 6.45) is 1.94. The number of hydrogen-bond donors (Lipinski definition) is 1. The summed E-state index contributed by atoms with van der Waals surface area (Å²) in [7, 11) is 0. The largest absolute Gasteiger partial charge is 0.477 e. The summed E-state index contributed by atoms with van der Waals surface area (Å²) in [4.78, 5) is 18.4. The second-order valence-electron chi connectivity index (χ2n) is 4.40. The molecule has 1 N–H and O–H groups in total. The number of carboxylic acids is 1. The Labute approximate surface area is 113 Å². The molecule has 0 aliphatic carbocycles. The van der Waals surface area contributed by atoms with Crippen LogP contribution in [0.25, 0.3) is 0 Å². The lowest BCUT2D eigenvalue weighted by Crippen LogP contribution is -2.23. The molecule has 0 saturated heterocycles. The van der Waals surface area contributed by atoms with Gasteiger partial charge in [-0.25, -0.2) is 9.78 Å². The summed E-state index contributed by atoms with van der Waals surface area (Å²) in [5, 5.41) is 10.1. The first-order chi connectivity index (χ1) is 8.54. The van der Waals surface area contributed by atoms with E-state index < -0.39 is 5.97 Å². The Kier molecular flexibility index (Phi) is 5.59. The van der Waals surface area contributed by atoms with Crippen molar-refractivity contribution in [2.24, 2.45) is 0 Å². The maximum Gasteiger partial charge on any atom is 0.347 e.